The van der Waals surface area contributed by atoms with E-state index in [0.29, 0.717) is 17.6 Å². The van der Waals surface area contributed by atoms with Gasteiger partial charge in [-0.15, -0.1) is 0 Å². The van der Waals surface area contributed by atoms with Crippen molar-refractivity contribution in [2.24, 2.45) is 0 Å². The highest BCUT2D eigenvalue weighted by Gasteiger charge is 2.31. The Morgan fingerprint density at radius 3 is 2.88 bits per heavy atom. The summed E-state index contributed by atoms with van der Waals surface area (Å²) >= 11 is 6.21. The Morgan fingerprint density at radius 2 is 2.12 bits per heavy atom. The van der Waals surface area contributed by atoms with Crippen LogP contribution in [0.5, 0.6) is 0 Å². The number of nitrogens with zero attached hydrogens (tertiary/aromatic N) is 2. The molecule has 90 valence electrons. The van der Waals surface area contributed by atoms with Gasteiger partial charge in [0, 0.05) is 12.2 Å². The van der Waals surface area contributed by atoms with Crippen molar-refractivity contribution in [2.75, 3.05) is 16.8 Å². The van der Waals surface area contributed by atoms with Gasteiger partial charge in [-0.3, -0.25) is 9.78 Å². The predicted molar refractivity (Wildman–Crippen MR) is 67.5 cm³/mol. The Morgan fingerprint density at radius 1 is 1.35 bits per heavy atom. The number of hydrogen-bond donors (Lipinski definition) is 1. The largest absolute Gasteiger partial charge is 0.356 e. The summed E-state index contributed by atoms with van der Waals surface area (Å²) in [5.41, 5.74) is 1.67. The molecule has 0 radical (unpaired) electrons. The van der Waals surface area contributed by atoms with Crippen molar-refractivity contribution in [2.45, 2.75) is 31.7 Å². The molecule has 1 saturated carbocycles. The number of amides is 1. The molecular formula is C12H14ClN3O. The average Bonchev–Trinajstić information content (AvgIpc) is 2.81. The van der Waals surface area contributed by atoms with Gasteiger partial charge >= 0.3 is 0 Å². The summed E-state index contributed by atoms with van der Waals surface area (Å²) in [5.74, 6) is 0.0217. The number of fused-ring (bicyclic) bond motifs is 1. The number of carbonyl (C=O) groups is 1. The van der Waals surface area contributed by atoms with Crippen LogP contribution in [0, 0.1) is 0 Å². The fraction of sp³-hybridized carbons (Fsp3) is 0.500. The fourth-order valence-electron chi connectivity index (χ4n) is 2.76. The lowest BCUT2D eigenvalue weighted by Gasteiger charge is -2.35. The molecule has 1 aromatic heterocycles. The minimum absolute atomic E-state index is 0.0217. The van der Waals surface area contributed by atoms with Gasteiger partial charge in [0.05, 0.1) is 29.1 Å². The molecule has 3 rings (SSSR count). The number of aromatic nitrogens is 1. The monoisotopic (exact) mass is 251 g/mol. The first-order valence-electron chi connectivity index (χ1n) is 5.95. The van der Waals surface area contributed by atoms with Crippen LogP contribution in [0.1, 0.15) is 25.7 Å². The van der Waals surface area contributed by atoms with Crippen molar-refractivity contribution >= 4 is 28.9 Å². The first-order chi connectivity index (χ1) is 8.25. The second-order valence-electron chi connectivity index (χ2n) is 4.63. The van der Waals surface area contributed by atoms with E-state index in [1.807, 2.05) is 0 Å². The van der Waals surface area contributed by atoms with E-state index in [-0.39, 0.29) is 5.91 Å². The molecular weight excluding hydrogens is 238 g/mol. The molecule has 0 aromatic carbocycles. The molecule has 1 aliphatic carbocycles. The minimum Gasteiger partial charge on any atom is -0.356 e. The molecule has 0 unspecified atom stereocenters. The van der Waals surface area contributed by atoms with E-state index in [9.17, 15) is 4.79 Å². The van der Waals surface area contributed by atoms with Gasteiger partial charge < -0.3 is 10.2 Å². The Kier molecular flexibility index (Phi) is 2.67. The minimum atomic E-state index is 0.0217. The van der Waals surface area contributed by atoms with Crippen LogP contribution >= 0.6 is 11.6 Å². The van der Waals surface area contributed by atoms with Crippen molar-refractivity contribution in [1.82, 2.24) is 4.98 Å². The molecule has 0 atom stereocenters. The number of pyridine rings is 1. The molecule has 2 aliphatic rings. The zero-order chi connectivity index (χ0) is 11.8. The third-order valence-corrected chi connectivity index (χ3v) is 3.79. The number of rotatable bonds is 1. The summed E-state index contributed by atoms with van der Waals surface area (Å²) in [4.78, 5) is 17.8. The summed E-state index contributed by atoms with van der Waals surface area (Å²) in [6.45, 7) is 0.404. The summed E-state index contributed by atoms with van der Waals surface area (Å²) in [6.07, 6.45) is 8.07. The average molecular weight is 252 g/mol. The van der Waals surface area contributed by atoms with Gasteiger partial charge in [-0.05, 0) is 12.8 Å². The van der Waals surface area contributed by atoms with Crippen LogP contribution < -0.4 is 10.2 Å². The van der Waals surface area contributed by atoms with Crippen LogP contribution in [-0.4, -0.2) is 23.5 Å². The van der Waals surface area contributed by atoms with E-state index in [2.05, 4.69) is 15.2 Å². The smallest absolute Gasteiger partial charge is 0.244 e. The molecule has 1 fully saturated rings. The van der Waals surface area contributed by atoms with Gasteiger partial charge in [0.15, 0.2) is 0 Å². The maximum Gasteiger partial charge on any atom is 0.244 e. The molecule has 5 heteroatoms. The number of nitrogens with one attached hydrogen (secondary N) is 1. The number of halogens is 1. The maximum atomic E-state index is 11.7. The van der Waals surface area contributed by atoms with Crippen LogP contribution in [0.25, 0.3) is 0 Å². The van der Waals surface area contributed by atoms with Crippen molar-refractivity contribution in [3.8, 4) is 0 Å². The fourth-order valence-corrected chi connectivity index (χ4v) is 3.03. The SMILES string of the molecule is O=C1CN(C2CCCC2)c2c(Cl)cncc2N1. The molecule has 4 nitrogen and oxygen atoms in total. The number of carbonyl (C=O) groups excluding carboxylic acids is 1. The van der Waals surface area contributed by atoms with E-state index in [1.165, 1.54) is 12.8 Å². The Bertz CT molecular complexity index is 457. The Balaban J connectivity index is 2.03. The van der Waals surface area contributed by atoms with Crippen LogP contribution in [0.15, 0.2) is 12.4 Å². The highest BCUT2D eigenvalue weighted by atomic mass is 35.5. The number of anilines is 2. The molecule has 1 aliphatic heterocycles. The van der Waals surface area contributed by atoms with Crippen LogP contribution in [-0.2, 0) is 4.79 Å². The Hall–Kier alpha value is -1.29. The van der Waals surface area contributed by atoms with Crippen LogP contribution in [0.4, 0.5) is 11.4 Å². The molecule has 2 heterocycles. The van der Waals surface area contributed by atoms with Gasteiger partial charge in [0.25, 0.3) is 0 Å². The topological polar surface area (TPSA) is 45.2 Å². The molecule has 1 N–H and O–H groups in total. The standard InChI is InChI=1S/C12H14ClN3O/c13-9-5-14-6-10-12(9)16(7-11(17)15-10)8-3-1-2-4-8/h5-6,8H,1-4,7H2,(H,15,17). The maximum absolute atomic E-state index is 11.7. The normalized spacial score (nSPS) is 20.3. The second-order valence-corrected chi connectivity index (χ2v) is 5.04. The third kappa shape index (κ3) is 1.86. The van der Waals surface area contributed by atoms with Crippen LogP contribution in [0.2, 0.25) is 5.02 Å². The molecule has 1 amide bonds. The molecule has 1 aromatic rings. The first kappa shape index (κ1) is 10.8. The predicted octanol–water partition coefficient (Wildman–Crippen LogP) is 2.44. The van der Waals surface area contributed by atoms with E-state index in [0.717, 1.165) is 24.2 Å². The van der Waals surface area contributed by atoms with Gasteiger partial charge in [0.2, 0.25) is 5.91 Å². The lowest BCUT2D eigenvalue weighted by Crippen LogP contribution is -2.43. The summed E-state index contributed by atoms with van der Waals surface area (Å²) in [7, 11) is 0. The quantitative estimate of drug-likeness (QED) is 0.834. The summed E-state index contributed by atoms with van der Waals surface area (Å²) in [5, 5.41) is 3.45. The first-order valence-corrected chi connectivity index (χ1v) is 6.33. The van der Waals surface area contributed by atoms with Gasteiger partial charge in [0.1, 0.15) is 0 Å². The van der Waals surface area contributed by atoms with E-state index in [4.69, 9.17) is 11.6 Å². The molecule has 0 saturated heterocycles. The zero-order valence-electron chi connectivity index (χ0n) is 9.45. The lowest BCUT2D eigenvalue weighted by molar-refractivity contribution is -0.115. The van der Waals surface area contributed by atoms with Gasteiger partial charge in [-0.2, -0.15) is 0 Å². The second kappa shape index (κ2) is 4.18. The Labute approximate surface area is 105 Å². The summed E-state index contributed by atoms with van der Waals surface area (Å²) in [6, 6.07) is 0.444. The molecule has 17 heavy (non-hydrogen) atoms. The van der Waals surface area contributed by atoms with E-state index < -0.39 is 0 Å². The van der Waals surface area contributed by atoms with Crippen molar-refractivity contribution in [3.63, 3.8) is 0 Å². The summed E-state index contributed by atoms with van der Waals surface area (Å²) < 4.78 is 0. The van der Waals surface area contributed by atoms with Crippen molar-refractivity contribution in [1.29, 1.82) is 0 Å². The highest BCUT2D eigenvalue weighted by Crippen LogP contribution is 2.39. The van der Waals surface area contributed by atoms with Gasteiger partial charge in [-0.25, -0.2) is 0 Å². The molecule has 0 spiro atoms. The lowest BCUT2D eigenvalue weighted by atomic mass is 10.1. The van der Waals surface area contributed by atoms with Crippen LogP contribution in [0.3, 0.4) is 0 Å². The molecule has 0 bridgehead atoms. The highest BCUT2D eigenvalue weighted by molar-refractivity contribution is 6.34. The number of hydrogen-bond acceptors (Lipinski definition) is 3. The third-order valence-electron chi connectivity index (χ3n) is 3.51. The van der Waals surface area contributed by atoms with Gasteiger partial charge in [-0.1, -0.05) is 24.4 Å². The van der Waals surface area contributed by atoms with E-state index >= 15 is 0 Å². The zero-order valence-corrected chi connectivity index (χ0v) is 10.2. The van der Waals surface area contributed by atoms with Crippen molar-refractivity contribution in [3.05, 3.63) is 17.4 Å². The van der Waals surface area contributed by atoms with Crippen molar-refractivity contribution < 1.29 is 4.79 Å². The van der Waals surface area contributed by atoms with E-state index in [1.54, 1.807) is 12.4 Å².